The molecule has 0 radical (unpaired) electrons. The van der Waals surface area contributed by atoms with Gasteiger partial charge in [0.1, 0.15) is 30.4 Å². The van der Waals surface area contributed by atoms with E-state index >= 15 is 0 Å². The summed E-state index contributed by atoms with van der Waals surface area (Å²) in [5.41, 5.74) is 1.65. The van der Waals surface area contributed by atoms with E-state index in [1.165, 1.54) is 0 Å². The van der Waals surface area contributed by atoms with Crippen molar-refractivity contribution in [3.8, 4) is 11.8 Å². The molecular formula is C24H30N7O4P. The van der Waals surface area contributed by atoms with Gasteiger partial charge in [0, 0.05) is 50.6 Å². The van der Waals surface area contributed by atoms with Crippen LogP contribution in [0, 0.1) is 11.3 Å². The lowest BCUT2D eigenvalue weighted by Gasteiger charge is -2.41. The topological polar surface area (TPSA) is 137 Å². The van der Waals surface area contributed by atoms with Gasteiger partial charge in [-0.05, 0) is 18.2 Å². The second-order valence-corrected chi connectivity index (χ2v) is 12.1. The third-order valence-corrected chi connectivity index (χ3v) is 9.85. The third-order valence-electron chi connectivity index (χ3n) is 6.79. The average Bonchev–Trinajstić information content (AvgIpc) is 3.28. The van der Waals surface area contributed by atoms with Gasteiger partial charge in [-0.2, -0.15) is 15.2 Å². The fourth-order valence-electron chi connectivity index (χ4n) is 4.59. The molecule has 0 unspecified atom stereocenters. The van der Waals surface area contributed by atoms with Crippen molar-refractivity contribution in [2.24, 2.45) is 0 Å². The van der Waals surface area contributed by atoms with Crippen LogP contribution in [0.15, 0.2) is 24.4 Å². The summed E-state index contributed by atoms with van der Waals surface area (Å²) in [5.74, 6) is 1.43. The summed E-state index contributed by atoms with van der Waals surface area (Å²) in [6.07, 6.45) is 2.92. The van der Waals surface area contributed by atoms with Gasteiger partial charge >= 0.3 is 0 Å². The first kappa shape index (κ1) is 24.5. The van der Waals surface area contributed by atoms with Crippen LogP contribution in [0.4, 0.5) is 17.5 Å². The second-order valence-electron chi connectivity index (χ2n) is 8.93. The molecule has 3 aromatic rings. The highest BCUT2D eigenvalue weighted by atomic mass is 31.2. The second kappa shape index (κ2) is 10.4. The Kier molecular flexibility index (Phi) is 7.12. The molecule has 2 aromatic heterocycles. The van der Waals surface area contributed by atoms with Gasteiger partial charge in [-0.15, -0.1) is 0 Å². The zero-order chi connectivity index (χ0) is 25.1. The van der Waals surface area contributed by atoms with Crippen molar-refractivity contribution in [2.75, 3.05) is 76.6 Å². The summed E-state index contributed by atoms with van der Waals surface area (Å²) < 4.78 is 29.9. The first-order valence-corrected chi connectivity index (χ1v) is 14.0. The summed E-state index contributed by atoms with van der Waals surface area (Å²) >= 11 is 0. The molecule has 0 saturated carbocycles. The van der Waals surface area contributed by atoms with E-state index in [0.29, 0.717) is 71.3 Å². The Morgan fingerprint density at radius 3 is 2.75 bits per heavy atom. The van der Waals surface area contributed by atoms with Crippen molar-refractivity contribution in [3.63, 3.8) is 0 Å². The number of ether oxygens (including phenoxy) is 3. The van der Waals surface area contributed by atoms with Crippen LogP contribution in [0.2, 0.25) is 0 Å². The molecule has 3 N–H and O–H groups in total. The number of benzene rings is 1. The Balaban J connectivity index is 1.38. The van der Waals surface area contributed by atoms with Gasteiger partial charge in [-0.25, -0.2) is 0 Å². The van der Waals surface area contributed by atoms with Crippen LogP contribution in [0.3, 0.4) is 0 Å². The maximum Gasteiger partial charge on any atom is 0.231 e. The molecule has 12 heteroatoms. The average molecular weight is 512 g/mol. The molecule has 0 atom stereocenters. The number of nitrogens with zero attached hydrogens (tertiary/aromatic N) is 4. The SMILES string of the molecule is COCCNc1nc(Nc2ccc(P3(=O)CCN(C4COC4)CC3)cc2OC)nc2[nH]cc(C#N)c12. The van der Waals surface area contributed by atoms with Crippen LogP contribution in [0.25, 0.3) is 11.0 Å². The molecule has 11 nitrogen and oxygen atoms in total. The summed E-state index contributed by atoms with van der Waals surface area (Å²) in [7, 11) is 0.704. The molecule has 36 heavy (non-hydrogen) atoms. The van der Waals surface area contributed by atoms with E-state index < -0.39 is 7.14 Å². The maximum atomic E-state index is 13.8. The Bertz CT molecular complexity index is 1320. The van der Waals surface area contributed by atoms with Crippen molar-refractivity contribution in [2.45, 2.75) is 6.04 Å². The zero-order valence-corrected chi connectivity index (χ0v) is 21.3. The Hall–Kier alpha value is -3.16. The number of hydrogen-bond acceptors (Lipinski definition) is 10. The monoisotopic (exact) mass is 511 g/mol. The van der Waals surface area contributed by atoms with E-state index in [1.54, 1.807) is 20.4 Å². The van der Waals surface area contributed by atoms with E-state index in [9.17, 15) is 9.83 Å². The minimum absolute atomic E-state index is 0.336. The Labute approximate surface area is 209 Å². The van der Waals surface area contributed by atoms with Crippen LogP contribution in [0.1, 0.15) is 5.56 Å². The predicted octanol–water partition coefficient (Wildman–Crippen LogP) is 2.34. The van der Waals surface area contributed by atoms with Crippen molar-refractivity contribution in [1.82, 2.24) is 19.9 Å². The fraction of sp³-hybridized carbons (Fsp3) is 0.458. The summed E-state index contributed by atoms with van der Waals surface area (Å²) in [4.78, 5) is 14.6. The van der Waals surface area contributed by atoms with Crippen LogP contribution in [-0.2, 0) is 14.0 Å². The number of anilines is 3. The first-order valence-electron chi connectivity index (χ1n) is 11.9. The molecule has 5 rings (SSSR count). The highest BCUT2D eigenvalue weighted by Gasteiger charge is 2.35. The fourth-order valence-corrected chi connectivity index (χ4v) is 7.19. The summed E-state index contributed by atoms with van der Waals surface area (Å²) in [5, 5.41) is 17.4. The highest BCUT2D eigenvalue weighted by molar-refractivity contribution is 7.71. The third kappa shape index (κ3) is 4.77. The van der Waals surface area contributed by atoms with Gasteiger partial charge in [0.05, 0.1) is 49.6 Å². The molecule has 1 aromatic carbocycles. The molecule has 0 spiro atoms. The minimum atomic E-state index is -2.51. The number of fused-ring (bicyclic) bond motifs is 1. The number of nitrogens with one attached hydrogen (secondary N) is 3. The molecule has 2 fully saturated rings. The van der Waals surface area contributed by atoms with Gasteiger partial charge in [-0.1, -0.05) is 0 Å². The van der Waals surface area contributed by atoms with E-state index in [1.807, 2.05) is 18.2 Å². The smallest absolute Gasteiger partial charge is 0.231 e. The minimum Gasteiger partial charge on any atom is -0.495 e. The number of nitriles is 1. The standard InChI is InChI=1S/C24H30N7O4P/c1-33-8-5-26-22-21-16(12-25)13-27-23(21)30-24(29-22)28-19-4-3-18(11-20(19)34-2)36(32)9-6-31(7-10-36)17-14-35-15-17/h3-4,11,13,17H,5-10,14-15H2,1-2H3,(H3,26,27,28,29,30). The lowest BCUT2D eigenvalue weighted by molar-refractivity contribution is -0.0620. The number of methoxy groups -OCH3 is 2. The first-order chi connectivity index (χ1) is 17.5. The molecule has 0 aliphatic carbocycles. The molecule has 2 aliphatic rings. The van der Waals surface area contributed by atoms with Crippen molar-refractivity contribution < 1.29 is 18.8 Å². The molecule has 2 saturated heterocycles. The van der Waals surface area contributed by atoms with Crippen molar-refractivity contribution in [1.29, 1.82) is 5.26 Å². The molecule has 0 bridgehead atoms. The van der Waals surface area contributed by atoms with E-state index in [-0.39, 0.29) is 0 Å². The normalized spacial score (nSPS) is 17.9. The van der Waals surface area contributed by atoms with Gasteiger partial charge < -0.3 is 34.4 Å². The van der Waals surface area contributed by atoms with Gasteiger partial charge in [0.25, 0.3) is 0 Å². The van der Waals surface area contributed by atoms with E-state index in [0.717, 1.165) is 31.6 Å². The zero-order valence-electron chi connectivity index (χ0n) is 20.4. The van der Waals surface area contributed by atoms with Crippen molar-refractivity contribution in [3.05, 3.63) is 30.0 Å². The lowest BCUT2D eigenvalue weighted by Crippen LogP contribution is -2.52. The van der Waals surface area contributed by atoms with Gasteiger partial charge in [0.15, 0.2) is 0 Å². The summed E-state index contributed by atoms with van der Waals surface area (Å²) in [6, 6.07) is 8.27. The van der Waals surface area contributed by atoms with Crippen LogP contribution in [0.5, 0.6) is 5.75 Å². The lowest BCUT2D eigenvalue weighted by atomic mass is 10.2. The number of rotatable bonds is 9. The number of H-pyrrole nitrogens is 1. The number of aromatic amines is 1. The quantitative estimate of drug-likeness (QED) is 0.290. The Morgan fingerprint density at radius 2 is 2.08 bits per heavy atom. The van der Waals surface area contributed by atoms with Crippen LogP contribution in [-0.4, -0.2) is 91.9 Å². The molecule has 4 heterocycles. The van der Waals surface area contributed by atoms with Gasteiger partial charge in [0.2, 0.25) is 5.95 Å². The summed E-state index contributed by atoms with van der Waals surface area (Å²) in [6.45, 7) is 4.20. The van der Waals surface area contributed by atoms with E-state index in [2.05, 4.69) is 36.6 Å². The van der Waals surface area contributed by atoms with E-state index in [4.69, 9.17) is 14.2 Å². The number of aromatic nitrogens is 3. The molecule has 2 aliphatic heterocycles. The maximum absolute atomic E-state index is 13.8. The van der Waals surface area contributed by atoms with Crippen LogP contribution < -0.4 is 20.7 Å². The highest BCUT2D eigenvalue weighted by Crippen LogP contribution is 2.48. The molecular weight excluding hydrogens is 481 g/mol. The molecule has 190 valence electrons. The Morgan fingerprint density at radius 1 is 1.28 bits per heavy atom. The predicted molar refractivity (Wildman–Crippen MR) is 138 cm³/mol. The van der Waals surface area contributed by atoms with Crippen LogP contribution >= 0.6 is 7.14 Å². The number of hydrogen-bond donors (Lipinski definition) is 3. The largest absolute Gasteiger partial charge is 0.495 e. The molecule has 0 amide bonds. The van der Waals surface area contributed by atoms with Gasteiger partial charge in [-0.3, -0.25) is 4.90 Å². The van der Waals surface area contributed by atoms with Crippen molar-refractivity contribution >= 4 is 40.9 Å².